The van der Waals surface area contributed by atoms with Crippen LogP contribution in [0.4, 0.5) is 11.4 Å². The summed E-state index contributed by atoms with van der Waals surface area (Å²) in [6, 6.07) is 13.4. The SMILES string of the molecule is CC(=O)Nc1ccc(NC(=O)COc2ccccc2)cc1O. The van der Waals surface area contributed by atoms with Gasteiger partial charge in [-0.05, 0) is 24.3 Å². The third-order valence-corrected chi connectivity index (χ3v) is 2.71. The number of hydrogen-bond donors (Lipinski definition) is 3. The molecule has 0 aliphatic heterocycles. The molecule has 0 bridgehead atoms. The highest BCUT2D eigenvalue weighted by Gasteiger charge is 2.07. The van der Waals surface area contributed by atoms with Crippen molar-refractivity contribution in [1.29, 1.82) is 0 Å². The Morgan fingerprint density at radius 3 is 2.45 bits per heavy atom. The monoisotopic (exact) mass is 300 g/mol. The second-order valence-corrected chi connectivity index (χ2v) is 4.56. The van der Waals surface area contributed by atoms with E-state index in [-0.39, 0.29) is 29.9 Å². The van der Waals surface area contributed by atoms with Crippen molar-refractivity contribution < 1.29 is 19.4 Å². The molecule has 0 saturated heterocycles. The Balaban J connectivity index is 1.91. The Bertz CT molecular complexity index is 671. The zero-order chi connectivity index (χ0) is 15.9. The minimum Gasteiger partial charge on any atom is -0.506 e. The predicted molar refractivity (Wildman–Crippen MR) is 83.0 cm³/mol. The van der Waals surface area contributed by atoms with Crippen LogP contribution < -0.4 is 15.4 Å². The molecule has 0 heterocycles. The Morgan fingerprint density at radius 2 is 1.82 bits per heavy atom. The second-order valence-electron chi connectivity index (χ2n) is 4.56. The number of carbonyl (C=O) groups is 2. The molecule has 0 fully saturated rings. The molecule has 22 heavy (non-hydrogen) atoms. The molecule has 3 N–H and O–H groups in total. The van der Waals surface area contributed by atoms with Crippen molar-refractivity contribution >= 4 is 23.2 Å². The Labute approximate surface area is 127 Å². The highest BCUT2D eigenvalue weighted by Crippen LogP contribution is 2.26. The average Bonchev–Trinajstić information content (AvgIpc) is 2.49. The summed E-state index contributed by atoms with van der Waals surface area (Å²) in [5.74, 6) is -0.169. The van der Waals surface area contributed by atoms with Crippen LogP contribution in [0.1, 0.15) is 6.92 Å². The lowest BCUT2D eigenvalue weighted by atomic mass is 10.2. The topological polar surface area (TPSA) is 87.7 Å². The van der Waals surface area contributed by atoms with Crippen molar-refractivity contribution in [1.82, 2.24) is 0 Å². The molecule has 6 nitrogen and oxygen atoms in total. The molecule has 2 rings (SSSR count). The van der Waals surface area contributed by atoms with Crippen LogP contribution in [0.3, 0.4) is 0 Å². The number of anilines is 2. The van der Waals surface area contributed by atoms with Gasteiger partial charge in [0.1, 0.15) is 11.5 Å². The zero-order valence-electron chi connectivity index (χ0n) is 12.0. The maximum Gasteiger partial charge on any atom is 0.262 e. The van der Waals surface area contributed by atoms with E-state index in [1.165, 1.54) is 19.1 Å². The lowest BCUT2D eigenvalue weighted by Crippen LogP contribution is -2.20. The number of carbonyl (C=O) groups excluding carboxylic acids is 2. The summed E-state index contributed by atoms with van der Waals surface area (Å²) in [6.07, 6.45) is 0. The number of benzene rings is 2. The van der Waals surface area contributed by atoms with E-state index in [1.54, 1.807) is 18.2 Å². The van der Waals surface area contributed by atoms with Gasteiger partial charge in [-0.15, -0.1) is 0 Å². The van der Waals surface area contributed by atoms with Crippen LogP contribution in [-0.4, -0.2) is 23.5 Å². The van der Waals surface area contributed by atoms with Crippen molar-refractivity contribution in [2.75, 3.05) is 17.2 Å². The number of phenols is 1. The summed E-state index contributed by atoms with van der Waals surface area (Å²) in [6.45, 7) is 1.20. The van der Waals surface area contributed by atoms with Crippen molar-refractivity contribution in [2.45, 2.75) is 6.92 Å². The smallest absolute Gasteiger partial charge is 0.262 e. The van der Waals surface area contributed by atoms with E-state index >= 15 is 0 Å². The summed E-state index contributed by atoms with van der Waals surface area (Å²) in [7, 11) is 0. The van der Waals surface area contributed by atoms with Crippen molar-refractivity contribution in [3.63, 3.8) is 0 Å². The predicted octanol–water partition coefficient (Wildman–Crippen LogP) is 2.37. The molecule has 0 aliphatic carbocycles. The maximum absolute atomic E-state index is 11.8. The largest absolute Gasteiger partial charge is 0.506 e. The summed E-state index contributed by atoms with van der Waals surface area (Å²) < 4.78 is 5.32. The summed E-state index contributed by atoms with van der Waals surface area (Å²) >= 11 is 0. The van der Waals surface area contributed by atoms with Crippen LogP contribution >= 0.6 is 0 Å². The van der Waals surface area contributed by atoms with Gasteiger partial charge in [-0.2, -0.15) is 0 Å². The first-order chi connectivity index (χ1) is 10.5. The van der Waals surface area contributed by atoms with E-state index in [1.807, 2.05) is 18.2 Å². The number of phenolic OH excluding ortho intramolecular Hbond substituents is 1. The quantitative estimate of drug-likeness (QED) is 0.740. The summed E-state index contributed by atoms with van der Waals surface area (Å²) in [4.78, 5) is 22.7. The highest BCUT2D eigenvalue weighted by atomic mass is 16.5. The average molecular weight is 300 g/mol. The van der Waals surface area contributed by atoms with Gasteiger partial charge in [-0.25, -0.2) is 0 Å². The molecule has 0 saturated carbocycles. The minimum absolute atomic E-state index is 0.128. The van der Waals surface area contributed by atoms with Gasteiger partial charge in [0.05, 0.1) is 5.69 Å². The molecule has 0 unspecified atom stereocenters. The number of ether oxygens (including phenoxy) is 1. The van der Waals surface area contributed by atoms with E-state index in [0.717, 1.165) is 0 Å². The van der Waals surface area contributed by atoms with E-state index in [2.05, 4.69) is 10.6 Å². The lowest BCUT2D eigenvalue weighted by molar-refractivity contribution is -0.118. The van der Waals surface area contributed by atoms with Gasteiger partial charge >= 0.3 is 0 Å². The standard InChI is InChI=1S/C16H16N2O4/c1-11(19)17-14-8-7-12(9-15(14)20)18-16(21)10-22-13-5-3-2-4-6-13/h2-9,20H,10H2,1H3,(H,17,19)(H,18,21). The third kappa shape index (κ3) is 4.52. The van der Waals surface area contributed by atoms with Crippen LogP contribution in [0.15, 0.2) is 48.5 Å². The zero-order valence-corrected chi connectivity index (χ0v) is 12.0. The van der Waals surface area contributed by atoms with Gasteiger partial charge in [0.2, 0.25) is 5.91 Å². The first kappa shape index (κ1) is 15.4. The fourth-order valence-electron chi connectivity index (χ4n) is 1.77. The van der Waals surface area contributed by atoms with Crippen molar-refractivity contribution in [2.24, 2.45) is 0 Å². The van der Waals surface area contributed by atoms with E-state index < -0.39 is 0 Å². The molecule has 0 aliphatic rings. The van der Waals surface area contributed by atoms with E-state index in [9.17, 15) is 14.7 Å². The minimum atomic E-state index is -0.351. The molecule has 114 valence electrons. The first-order valence-electron chi connectivity index (χ1n) is 6.63. The van der Waals surface area contributed by atoms with Gasteiger partial charge < -0.3 is 20.5 Å². The fourth-order valence-corrected chi connectivity index (χ4v) is 1.77. The van der Waals surface area contributed by atoms with E-state index in [0.29, 0.717) is 11.4 Å². The number of rotatable bonds is 5. The molecular weight excluding hydrogens is 284 g/mol. The molecular formula is C16H16N2O4. The number of amides is 2. The number of hydrogen-bond acceptors (Lipinski definition) is 4. The number of aromatic hydroxyl groups is 1. The van der Waals surface area contributed by atoms with Crippen LogP contribution in [0, 0.1) is 0 Å². The van der Waals surface area contributed by atoms with Gasteiger partial charge in [0, 0.05) is 18.7 Å². The maximum atomic E-state index is 11.8. The third-order valence-electron chi connectivity index (χ3n) is 2.71. The highest BCUT2D eigenvalue weighted by molar-refractivity contribution is 5.94. The van der Waals surface area contributed by atoms with Gasteiger partial charge in [-0.3, -0.25) is 9.59 Å². The van der Waals surface area contributed by atoms with E-state index in [4.69, 9.17) is 4.74 Å². The van der Waals surface area contributed by atoms with Gasteiger partial charge in [-0.1, -0.05) is 18.2 Å². The van der Waals surface area contributed by atoms with Crippen molar-refractivity contribution in [3.05, 3.63) is 48.5 Å². The number of para-hydroxylation sites is 1. The van der Waals surface area contributed by atoms with Crippen molar-refractivity contribution in [3.8, 4) is 11.5 Å². The Morgan fingerprint density at radius 1 is 1.09 bits per heavy atom. The second kappa shape index (κ2) is 7.12. The normalized spacial score (nSPS) is 9.86. The molecule has 2 aromatic carbocycles. The molecule has 2 aromatic rings. The van der Waals surface area contributed by atoms with Gasteiger partial charge in [0.25, 0.3) is 5.91 Å². The molecule has 0 atom stereocenters. The lowest BCUT2D eigenvalue weighted by Gasteiger charge is -2.10. The fraction of sp³-hybridized carbons (Fsp3) is 0.125. The molecule has 0 aromatic heterocycles. The molecule has 6 heteroatoms. The van der Waals surface area contributed by atoms with Crippen LogP contribution in [0.2, 0.25) is 0 Å². The summed E-state index contributed by atoms with van der Waals surface area (Å²) in [5, 5.41) is 14.8. The molecule has 0 radical (unpaired) electrons. The van der Waals surface area contributed by atoms with Crippen LogP contribution in [-0.2, 0) is 9.59 Å². The van der Waals surface area contributed by atoms with Gasteiger partial charge in [0.15, 0.2) is 6.61 Å². The summed E-state index contributed by atoms with van der Waals surface area (Å²) in [5.41, 5.74) is 0.694. The Hall–Kier alpha value is -3.02. The van der Waals surface area contributed by atoms with Crippen LogP contribution in [0.5, 0.6) is 11.5 Å². The van der Waals surface area contributed by atoms with Crippen LogP contribution in [0.25, 0.3) is 0 Å². The molecule has 2 amide bonds. The molecule has 0 spiro atoms. The first-order valence-corrected chi connectivity index (χ1v) is 6.63. The number of nitrogens with one attached hydrogen (secondary N) is 2. The Kier molecular flexibility index (Phi) is 4.98.